The molecule has 1 heterocycles. The van der Waals surface area contributed by atoms with Gasteiger partial charge in [-0.1, -0.05) is 31.4 Å². The lowest BCUT2D eigenvalue weighted by Crippen LogP contribution is -2.37. The highest BCUT2D eigenvalue weighted by Gasteiger charge is 2.20. The molecule has 0 radical (unpaired) electrons. The third-order valence-corrected chi connectivity index (χ3v) is 4.65. The van der Waals surface area contributed by atoms with Crippen LogP contribution in [0.5, 0.6) is 0 Å². The smallest absolute Gasteiger partial charge is 0.329 e. The Morgan fingerprint density at radius 2 is 1.69 bits per heavy atom. The second-order valence-electron chi connectivity index (χ2n) is 6.79. The van der Waals surface area contributed by atoms with Crippen LogP contribution in [-0.2, 0) is 9.59 Å². The quantitative estimate of drug-likeness (QED) is 0.411. The number of para-hydroxylation sites is 1. The standard InChI is InChI=1S/C21H23N5O3/c27-19(24-16-6-2-1-3-7-16)17-8-4-5-9-18(17)25-20(28)21(29)26-23-14-15-10-12-22-13-11-15/h4-5,8-14,16H,1-3,6-7H2,(H,24,27)(H,25,28)(H,26,29)/b23-14+. The monoisotopic (exact) mass is 393 g/mol. The van der Waals surface area contributed by atoms with Crippen molar-refractivity contribution >= 4 is 29.6 Å². The molecule has 8 heteroatoms. The summed E-state index contributed by atoms with van der Waals surface area (Å²) in [5.74, 6) is -2.10. The van der Waals surface area contributed by atoms with Crippen molar-refractivity contribution < 1.29 is 14.4 Å². The highest BCUT2D eigenvalue weighted by Crippen LogP contribution is 2.20. The van der Waals surface area contributed by atoms with Gasteiger partial charge in [0, 0.05) is 18.4 Å². The highest BCUT2D eigenvalue weighted by molar-refractivity contribution is 6.40. The van der Waals surface area contributed by atoms with Crippen LogP contribution >= 0.6 is 0 Å². The minimum atomic E-state index is -0.933. The lowest BCUT2D eigenvalue weighted by Gasteiger charge is -2.23. The zero-order valence-corrected chi connectivity index (χ0v) is 15.9. The van der Waals surface area contributed by atoms with E-state index in [-0.39, 0.29) is 17.6 Å². The highest BCUT2D eigenvalue weighted by atomic mass is 16.2. The third kappa shape index (κ3) is 5.97. The number of aromatic nitrogens is 1. The number of pyridine rings is 1. The maximum absolute atomic E-state index is 12.6. The number of carbonyl (C=O) groups is 3. The Morgan fingerprint density at radius 3 is 2.45 bits per heavy atom. The lowest BCUT2D eigenvalue weighted by molar-refractivity contribution is -0.136. The minimum absolute atomic E-state index is 0.144. The van der Waals surface area contributed by atoms with E-state index in [1.54, 1.807) is 48.8 Å². The number of nitrogens with zero attached hydrogens (tertiary/aromatic N) is 2. The van der Waals surface area contributed by atoms with Gasteiger partial charge < -0.3 is 10.6 Å². The van der Waals surface area contributed by atoms with Gasteiger partial charge in [0.25, 0.3) is 5.91 Å². The number of rotatable bonds is 5. The van der Waals surface area contributed by atoms with E-state index in [1.165, 1.54) is 12.6 Å². The predicted molar refractivity (Wildman–Crippen MR) is 109 cm³/mol. The molecule has 3 amide bonds. The molecule has 3 N–H and O–H groups in total. The molecule has 0 spiro atoms. The molecule has 150 valence electrons. The summed E-state index contributed by atoms with van der Waals surface area (Å²) in [6.07, 6.45) is 9.88. The fraction of sp³-hybridized carbons (Fsp3) is 0.286. The van der Waals surface area contributed by atoms with Crippen molar-refractivity contribution in [3.05, 3.63) is 59.9 Å². The Balaban J connectivity index is 1.59. The average Bonchev–Trinajstić information content (AvgIpc) is 2.75. The molecule has 0 unspecified atom stereocenters. The molecular weight excluding hydrogens is 370 g/mol. The van der Waals surface area contributed by atoms with Gasteiger partial charge in [0.2, 0.25) is 0 Å². The van der Waals surface area contributed by atoms with Crippen molar-refractivity contribution in [3.8, 4) is 0 Å². The molecule has 1 fully saturated rings. The van der Waals surface area contributed by atoms with Gasteiger partial charge in [-0.25, -0.2) is 5.43 Å². The maximum Gasteiger partial charge on any atom is 0.329 e. The van der Waals surface area contributed by atoms with Gasteiger partial charge in [0.15, 0.2) is 0 Å². The van der Waals surface area contributed by atoms with Gasteiger partial charge in [0.05, 0.1) is 17.5 Å². The number of hydrogen-bond acceptors (Lipinski definition) is 5. The van der Waals surface area contributed by atoms with Crippen LogP contribution < -0.4 is 16.1 Å². The zero-order chi connectivity index (χ0) is 20.5. The van der Waals surface area contributed by atoms with Gasteiger partial charge in [-0.05, 0) is 42.7 Å². The molecule has 0 atom stereocenters. The summed E-state index contributed by atoms with van der Waals surface area (Å²) in [5.41, 5.74) is 3.49. The van der Waals surface area contributed by atoms with E-state index in [0.29, 0.717) is 5.56 Å². The number of nitrogens with one attached hydrogen (secondary N) is 3. The van der Waals surface area contributed by atoms with E-state index >= 15 is 0 Å². The maximum atomic E-state index is 12.6. The summed E-state index contributed by atoms with van der Waals surface area (Å²) in [4.78, 5) is 40.7. The Labute approximate surface area is 168 Å². The number of hydrogen-bond donors (Lipinski definition) is 3. The number of anilines is 1. The van der Waals surface area contributed by atoms with Crippen molar-refractivity contribution in [2.75, 3.05) is 5.32 Å². The van der Waals surface area contributed by atoms with Crippen molar-refractivity contribution in [1.82, 2.24) is 15.7 Å². The Kier molecular flexibility index (Phi) is 7.05. The molecule has 0 aliphatic heterocycles. The number of benzene rings is 1. The van der Waals surface area contributed by atoms with Crippen LogP contribution in [0.25, 0.3) is 0 Å². The van der Waals surface area contributed by atoms with Crippen LogP contribution in [0.15, 0.2) is 53.9 Å². The Morgan fingerprint density at radius 1 is 0.966 bits per heavy atom. The molecule has 1 aliphatic carbocycles. The van der Waals surface area contributed by atoms with Crippen LogP contribution in [0.3, 0.4) is 0 Å². The molecule has 0 saturated heterocycles. The topological polar surface area (TPSA) is 113 Å². The van der Waals surface area contributed by atoms with Crippen LogP contribution in [0.2, 0.25) is 0 Å². The summed E-state index contributed by atoms with van der Waals surface area (Å²) < 4.78 is 0. The fourth-order valence-corrected chi connectivity index (χ4v) is 3.14. The molecule has 1 aromatic heterocycles. The summed E-state index contributed by atoms with van der Waals surface area (Å²) in [6, 6.07) is 10.2. The molecule has 0 bridgehead atoms. The second kappa shape index (κ2) is 10.1. The fourth-order valence-electron chi connectivity index (χ4n) is 3.14. The molecule has 3 rings (SSSR count). The minimum Gasteiger partial charge on any atom is -0.349 e. The summed E-state index contributed by atoms with van der Waals surface area (Å²) in [7, 11) is 0. The zero-order valence-electron chi connectivity index (χ0n) is 15.9. The molecular formula is C21H23N5O3. The Hall–Kier alpha value is -3.55. The summed E-state index contributed by atoms with van der Waals surface area (Å²) >= 11 is 0. The summed E-state index contributed by atoms with van der Waals surface area (Å²) in [6.45, 7) is 0. The summed E-state index contributed by atoms with van der Waals surface area (Å²) in [5, 5.41) is 9.24. The van der Waals surface area contributed by atoms with E-state index in [1.807, 2.05) is 0 Å². The largest absolute Gasteiger partial charge is 0.349 e. The van der Waals surface area contributed by atoms with Crippen molar-refractivity contribution in [2.45, 2.75) is 38.1 Å². The average molecular weight is 393 g/mol. The van der Waals surface area contributed by atoms with Crippen LogP contribution in [0.4, 0.5) is 5.69 Å². The van der Waals surface area contributed by atoms with Gasteiger partial charge in [0.1, 0.15) is 0 Å². The van der Waals surface area contributed by atoms with E-state index in [9.17, 15) is 14.4 Å². The van der Waals surface area contributed by atoms with Crippen LogP contribution in [0.1, 0.15) is 48.0 Å². The molecule has 8 nitrogen and oxygen atoms in total. The molecule has 1 aliphatic rings. The molecule has 1 aromatic carbocycles. The molecule has 2 aromatic rings. The van der Waals surface area contributed by atoms with Gasteiger partial charge in [-0.2, -0.15) is 5.10 Å². The van der Waals surface area contributed by atoms with E-state index < -0.39 is 11.8 Å². The first kappa shape index (κ1) is 20.2. The normalized spacial score (nSPS) is 14.3. The van der Waals surface area contributed by atoms with Crippen LogP contribution in [0, 0.1) is 0 Å². The van der Waals surface area contributed by atoms with E-state index in [0.717, 1.165) is 31.2 Å². The lowest BCUT2D eigenvalue weighted by atomic mass is 9.95. The molecule has 29 heavy (non-hydrogen) atoms. The second-order valence-corrected chi connectivity index (χ2v) is 6.79. The number of carbonyl (C=O) groups excluding carboxylic acids is 3. The Bertz CT molecular complexity index is 892. The third-order valence-electron chi connectivity index (χ3n) is 4.65. The molecule has 1 saturated carbocycles. The van der Waals surface area contributed by atoms with Crippen molar-refractivity contribution in [3.63, 3.8) is 0 Å². The van der Waals surface area contributed by atoms with Crippen molar-refractivity contribution in [2.24, 2.45) is 5.10 Å². The van der Waals surface area contributed by atoms with Gasteiger partial charge in [-0.15, -0.1) is 0 Å². The number of amides is 3. The van der Waals surface area contributed by atoms with E-state index in [4.69, 9.17) is 0 Å². The SMILES string of the molecule is O=C(N/N=C/c1ccncc1)C(=O)Nc1ccccc1C(=O)NC1CCCCC1. The van der Waals surface area contributed by atoms with Crippen LogP contribution in [-0.4, -0.2) is 35.0 Å². The first-order valence-corrected chi connectivity index (χ1v) is 9.58. The van der Waals surface area contributed by atoms with Gasteiger partial charge >= 0.3 is 11.8 Å². The van der Waals surface area contributed by atoms with Crippen molar-refractivity contribution in [1.29, 1.82) is 0 Å². The first-order chi connectivity index (χ1) is 14.1. The van der Waals surface area contributed by atoms with Gasteiger partial charge in [-0.3, -0.25) is 19.4 Å². The first-order valence-electron chi connectivity index (χ1n) is 9.58. The predicted octanol–water partition coefficient (Wildman–Crippen LogP) is 2.23. The number of hydrazone groups is 1. The van der Waals surface area contributed by atoms with E-state index in [2.05, 4.69) is 26.1 Å².